The number of aryl methyl sites for hydroxylation is 2. The first-order valence-corrected chi connectivity index (χ1v) is 8.24. The van der Waals surface area contributed by atoms with E-state index in [0.717, 1.165) is 27.5 Å². The number of ether oxygens (including phenoxy) is 1. The molecule has 0 aromatic heterocycles. The largest absolute Gasteiger partial charge is 0.489 e. The minimum atomic E-state index is -0.716. The van der Waals surface area contributed by atoms with Crippen LogP contribution in [0.3, 0.4) is 0 Å². The molecular weight excluding hydrogens is 340 g/mol. The van der Waals surface area contributed by atoms with Gasteiger partial charge in [-0.1, -0.05) is 23.7 Å². The van der Waals surface area contributed by atoms with E-state index in [1.165, 1.54) is 0 Å². The number of hydrogen-bond donors (Lipinski definition) is 2. The molecule has 2 rings (SSSR count). The zero-order valence-corrected chi connectivity index (χ0v) is 15.2. The second-order valence-electron chi connectivity index (χ2n) is 5.95. The molecule has 1 atom stereocenters. The Morgan fingerprint density at radius 1 is 1.16 bits per heavy atom. The molecule has 0 heterocycles. The Bertz CT molecular complexity index is 765. The van der Waals surface area contributed by atoms with Crippen molar-refractivity contribution in [3.8, 4) is 5.75 Å². The number of nitrogens with one attached hydrogen (secondary N) is 1. The third-order valence-corrected chi connectivity index (χ3v) is 4.40. The summed E-state index contributed by atoms with van der Waals surface area (Å²) in [5, 5.41) is 3.28. The topological polar surface area (TPSA) is 81.4 Å². The smallest absolute Gasteiger partial charge is 0.251 e. The summed E-state index contributed by atoms with van der Waals surface area (Å²) in [7, 11) is 0. The second-order valence-corrected chi connectivity index (χ2v) is 6.33. The molecule has 1 unspecified atom stereocenters. The van der Waals surface area contributed by atoms with Crippen LogP contribution >= 0.6 is 11.6 Å². The molecule has 0 aliphatic carbocycles. The van der Waals surface area contributed by atoms with Gasteiger partial charge in [-0.05, 0) is 61.7 Å². The highest BCUT2D eigenvalue weighted by Gasteiger charge is 2.13. The molecule has 132 valence electrons. The van der Waals surface area contributed by atoms with E-state index in [4.69, 9.17) is 22.1 Å². The monoisotopic (exact) mass is 360 g/mol. The van der Waals surface area contributed by atoms with E-state index < -0.39 is 11.9 Å². The van der Waals surface area contributed by atoms with Crippen LogP contribution in [0.2, 0.25) is 5.02 Å². The molecule has 0 fully saturated rings. The van der Waals surface area contributed by atoms with Gasteiger partial charge in [-0.25, -0.2) is 0 Å². The molecule has 2 aromatic rings. The lowest BCUT2D eigenvalue weighted by molar-refractivity contribution is -0.119. The van der Waals surface area contributed by atoms with E-state index in [-0.39, 0.29) is 5.91 Å². The number of halogens is 1. The van der Waals surface area contributed by atoms with Gasteiger partial charge in [0, 0.05) is 10.6 Å². The lowest BCUT2D eigenvalue weighted by Gasteiger charge is -2.12. The van der Waals surface area contributed by atoms with Gasteiger partial charge < -0.3 is 15.8 Å². The van der Waals surface area contributed by atoms with Gasteiger partial charge in [-0.2, -0.15) is 0 Å². The van der Waals surface area contributed by atoms with Crippen LogP contribution in [0.4, 0.5) is 0 Å². The fourth-order valence-corrected chi connectivity index (χ4v) is 2.37. The second kappa shape index (κ2) is 8.03. The van der Waals surface area contributed by atoms with Crippen LogP contribution in [0.25, 0.3) is 0 Å². The Hall–Kier alpha value is -2.53. The third-order valence-electron chi connectivity index (χ3n) is 3.81. The van der Waals surface area contributed by atoms with Gasteiger partial charge >= 0.3 is 0 Å². The van der Waals surface area contributed by atoms with Crippen molar-refractivity contribution in [1.82, 2.24) is 5.32 Å². The molecule has 0 aliphatic heterocycles. The summed E-state index contributed by atoms with van der Waals surface area (Å²) in [5.41, 5.74) is 8.44. The van der Waals surface area contributed by atoms with E-state index in [9.17, 15) is 9.59 Å². The summed E-state index contributed by atoms with van der Waals surface area (Å²) in [5.74, 6) is -0.175. The van der Waals surface area contributed by atoms with E-state index >= 15 is 0 Å². The number of carbonyl (C=O) groups excluding carboxylic acids is 2. The van der Waals surface area contributed by atoms with Crippen molar-refractivity contribution < 1.29 is 14.3 Å². The zero-order valence-electron chi connectivity index (χ0n) is 14.4. The quantitative estimate of drug-likeness (QED) is 0.830. The van der Waals surface area contributed by atoms with Crippen molar-refractivity contribution in [3.63, 3.8) is 0 Å². The van der Waals surface area contributed by atoms with E-state index in [0.29, 0.717) is 12.2 Å². The SMILES string of the molecule is Cc1cc(OCc2ccc(C(=O)NC(C)C(N)=O)cc2)cc(C)c1Cl. The standard InChI is InChI=1S/C19H21ClN2O3/c1-11-8-16(9-12(2)17(11)20)25-10-14-4-6-15(7-5-14)19(24)22-13(3)18(21)23/h4-9,13H,10H2,1-3H3,(H2,21,23)(H,22,24). The predicted molar refractivity (Wildman–Crippen MR) is 97.8 cm³/mol. The number of hydrogen-bond acceptors (Lipinski definition) is 3. The summed E-state index contributed by atoms with van der Waals surface area (Å²) in [6.07, 6.45) is 0. The molecule has 6 heteroatoms. The maximum Gasteiger partial charge on any atom is 0.251 e. The average molecular weight is 361 g/mol. The summed E-state index contributed by atoms with van der Waals surface area (Å²) in [4.78, 5) is 23.0. The third kappa shape index (κ3) is 4.97. The van der Waals surface area contributed by atoms with Gasteiger partial charge in [0.25, 0.3) is 5.91 Å². The number of rotatable bonds is 6. The minimum absolute atomic E-state index is 0.345. The van der Waals surface area contributed by atoms with Gasteiger partial charge in [0.1, 0.15) is 18.4 Å². The number of nitrogens with two attached hydrogens (primary N) is 1. The maximum absolute atomic E-state index is 12.0. The molecular formula is C19H21ClN2O3. The van der Waals surface area contributed by atoms with E-state index in [1.54, 1.807) is 31.2 Å². The van der Waals surface area contributed by atoms with Crippen LogP contribution in [-0.2, 0) is 11.4 Å². The van der Waals surface area contributed by atoms with Gasteiger partial charge in [-0.15, -0.1) is 0 Å². The van der Waals surface area contributed by atoms with Crippen molar-refractivity contribution in [2.24, 2.45) is 5.73 Å². The highest BCUT2D eigenvalue weighted by Crippen LogP contribution is 2.26. The minimum Gasteiger partial charge on any atom is -0.489 e. The van der Waals surface area contributed by atoms with Crippen molar-refractivity contribution in [1.29, 1.82) is 0 Å². The van der Waals surface area contributed by atoms with E-state index in [2.05, 4.69) is 5.32 Å². The molecule has 5 nitrogen and oxygen atoms in total. The van der Waals surface area contributed by atoms with Gasteiger partial charge in [0.15, 0.2) is 0 Å². The molecule has 25 heavy (non-hydrogen) atoms. The summed E-state index contributed by atoms with van der Waals surface area (Å²) < 4.78 is 5.78. The van der Waals surface area contributed by atoms with E-state index in [1.807, 2.05) is 26.0 Å². The maximum atomic E-state index is 12.0. The Balaban J connectivity index is 1.99. The first kappa shape index (κ1) is 18.8. The van der Waals surface area contributed by atoms with Crippen molar-refractivity contribution >= 4 is 23.4 Å². The normalized spacial score (nSPS) is 11.7. The van der Waals surface area contributed by atoms with Gasteiger partial charge in [-0.3, -0.25) is 9.59 Å². The number of primary amides is 1. The molecule has 0 saturated heterocycles. The predicted octanol–water partition coefficient (Wildman–Crippen LogP) is 3.14. The number of benzene rings is 2. The van der Waals surface area contributed by atoms with Crippen LogP contribution < -0.4 is 15.8 Å². The lowest BCUT2D eigenvalue weighted by atomic mass is 10.1. The summed E-state index contributed by atoms with van der Waals surface area (Å²) in [6.45, 7) is 5.78. The van der Waals surface area contributed by atoms with Crippen molar-refractivity contribution in [2.75, 3.05) is 0 Å². The lowest BCUT2D eigenvalue weighted by Crippen LogP contribution is -2.42. The van der Waals surface area contributed by atoms with Crippen LogP contribution in [0.5, 0.6) is 5.75 Å². The highest BCUT2D eigenvalue weighted by molar-refractivity contribution is 6.32. The van der Waals surface area contributed by atoms with Crippen LogP contribution in [0.1, 0.15) is 34.0 Å². The molecule has 0 spiro atoms. The van der Waals surface area contributed by atoms with Crippen LogP contribution in [0.15, 0.2) is 36.4 Å². The summed E-state index contributed by atoms with van der Waals surface area (Å²) >= 11 is 6.15. The van der Waals surface area contributed by atoms with Gasteiger partial charge in [0.05, 0.1) is 0 Å². The fourth-order valence-electron chi connectivity index (χ4n) is 2.26. The molecule has 2 amide bonds. The Morgan fingerprint density at radius 3 is 2.24 bits per heavy atom. The Labute approximate surface area is 152 Å². The highest BCUT2D eigenvalue weighted by atomic mass is 35.5. The number of amides is 2. The molecule has 2 aromatic carbocycles. The van der Waals surface area contributed by atoms with Gasteiger partial charge in [0.2, 0.25) is 5.91 Å². The molecule has 0 saturated carbocycles. The van der Waals surface area contributed by atoms with Crippen molar-refractivity contribution in [3.05, 3.63) is 63.7 Å². The zero-order chi connectivity index (χ0) is 18.6. The average Bonchev–Trinajstić information content (AvgIpc) is 2.57. The molecule has 0 radical (unpaired) electrons. The number of carbonyl (C=O) groups is 2. The molecule has 3 N–H and O–H groups in total. The van der Waals surface area contributed by atoms with Crippen LogP contribution in [-0.4, -0.2) is 17.9 Å². The first-order chi connectivity index (χ1) is 11.8. The molecule has 0 bridgehead atoms. The van der Waals surface area contributed by atoms with Crippen LogP contribution in [0, 0.1) is 13.8 Å². The van der Waals surface area contributed by atoms with Crippen molar-refractivity contribution in [2.45, 2.75) is 33.4 Å². The Morgan fingerprint density at radius 2 is 1.72 bits per heavy atom. The fraction of sp³-hybridized carbons (Fsp3) is 0.263. The molecule has 0 aliphatic rings. The summed E-state index contributed by atoms with van der Waals surface area (Å²) in [6, 6.07) is 10.0. The Kier molecular flexibility index (Phi) is 6.04. The first-order valence-electron chi connectivity index (χ1n) is 7.86.